The molecular formula is C18H13ClF3N3O. The van der Waals surface area contributed by atoms with Crippen molar-refractivity contribution in [2.45, 2.75) is 25.4 Å². The number of benzene rings is 1. The number of aromatic nitrogens is 2. The molecule has 0 bridgehead atoms. The predicted octanol–water partition coefficient (Wildman–Crippen LogP) is 4.59. The first-order chi connectivity index (χ1) is 12.3. The van der Waals surface area contributed by atoms with Crippen LogP contribution in [0.2, 0.25) is 0 Å². The summed E-state index contributed by atoms with van der Waals surface area (Å²) in [6, 6.07) is 7.67. The number of nitrogens with one attached hydrogen (secondary N) is 1. The van der Waals surface area contributed by atoms with Crippen LogP contribution in [0.5, 0.6) is 0 Å². The van der Waals surface area contributed by atoms with Crippen LogP contribution < -0.4 is 5.32 Å². The van der Waals surface area contributed by atoms with Gasteiger partial charge in [0.1, 0.15) is 11.3 Å². The molecular weight excluding hydrogens is 368 g/mol. The molecule has 8 heteroatoms. The highest BCUT2D eigenvalue weighted by Crippen LogP contribution is 2.34. The molecule has 134 valence electrons. The van der Waals surface area contributed by atoms with Gasteiger partial charge in [0, 0.05) is 22.5 Å². The molecule has 0 spiro atoms. The van der Waals surface area contributed by atoms with Crippen LogP contribution in [0.3, 0.4) is 0 Å². The molecule has 0 atom stereocenters. The van der Waals surface area contributed by atoms with E-state index in [9.17, 15) is 18.0 Å². The summed E-state index contributed by atoms with van der Waals surface area (Å²) in [6.07, 6.45) is -4.30. The number of hydrogen-bond donors (Lipinski definition) is 1. The fraction of sp³-hybridized carbons (Fsp3) is 0.222. The first-order valence-electron chi connectivity index (χ1n) is 7.86. The Hall–Kier alpha value is -2.54. The van der Waals surface area contributed by atoms with E-state index >= 15 is 0 Å². The first-order valence-corrected chi connectivity index (χ1v) is 8.39. The highest BCUT2D eigenvalue weighted by molar-refractivity contribution is 6.17. The molecule has 0 radical (unpaired) electrons. The molecule has 4 rings (SSSR count). The molecule has 2 aromatic heterocycles. The van der Waals surface area contributed by atoms with Gasteiger partial charge in [-0.2, -0.15) is 13.2 Å². The fourth-order valence-corrected chi connectivity index (χ4v) is 3.52. The van der Waals surface area contributed by atoms with Crippen LogP contribution >= 0.6 is 11.6 Å². The first kappa shape index (κ1) is 16.9. The smallest absolute Gasteiger partial charge is 0.325 e. The fourth-order valence-electron chi connectivity index (χ4n) is 3.32. The molecule has 0 aliphatic carbocycles. The number of amides is 1. The molecule has 3 aromatic rings. The number of carbonyl (C=O) groups is 1. The number of nitrogens with zero attached hydrogens (tertiary/aromatic N) is 2. The number of fused-ring (bicyclic) bond motifs is 2. The second-order valence-electron chi connectivity index (χ2n) is 6.23. The summed E-state index contributed by atoms with van der Waals surface area (Å²) in [6.45, 7) is 1.84. The third-order valence-corrected chi connectivity index (χ3v) is 4.70. The molecule has 1 aliphatic rings. The van der Waals surface area contributed by atoms with Gasteiger partial charge in [0.05, 0.1) is 12.3 Å². The third kappa shape index (κ3) is 2.63. The molecule has 1 amide bonds. The van der Waals surface area contributed by atoms with E-state index in [0.29, 0.717) is 16.8 Å². The van der Waals surface area contributed by atoms with Gasteiger partial charge in [0.15, 0.2) is 0 Å². The standard InChI is InChI=1S/C18H13ClF3N3O/c1-9-4-12(6-11-7-15(26)24-16(9)11)25-13(8-19)5-10-2-3-14(18(20,21)22)23-17(10)25/h2-6H,7-8H2,1H3,(H,24,26)/i24+1. The van der Waals surface area contributed by atoms with Crippen LogP contribution in [0.4, 0.5) is 18.9 Å². The van der Waals surface area contributed by atoms with Crippen LogP contribution in [-0.2, 0) is 23.3 Å². The van der Waals surface area contributed by atoms with Crippen LogP contribution in [0.25, 0.3) is 16.7 Å². The Morgan fingerprint density at radius 3 is 2.73 bits per heavy atom. The summed E-state index contributed by atoms with van der Waals surface area (Å²) in [4.78, 5) is 15.5. The van der Waals surface area contributed by atoms with Crippen molar-refractivity contribution in [3.05, 3.63) is 52.8 Å². The van der Waals surface area contributed by atoms with Crippen molar-refractivity contribution >= 4 is 34.2 Å². The molecule has 0 saturated heterocycles. The van der Waals surface area contributed by atoms with Gasteiger partial charge in [-0.15, -0.1) is 11.6 Å². The minimum atomic E-state index is -4.53. The molecule has 1 aromatic carbocycles. The normalized spacial score (nSPS) is 14.0. The van der Waals surface area contributed by atoms with Gasteiger partial charge in [-0.05, 0) is 48.4 Å². The maximum atomic E-state index is 13.1. The average Bonchev–Trinajstić information content (AvgIpc) is 3.12. The van der Waals surface area contributed by atoms with E-state index in [0.717, 1.165) is 22.9 Å². The van der Waals surface area contributed by atoms with Gasteiger partial charge in [-0.1, -0.05) is 0 Å². The Labute approximate surface area is 151 Å². The Kier molecular flexibility index (Phi) is 3.73. The SMILES string of the molecule is Cc1cc(-n2c(CCl)cc3ccc(C(F)(F)F)nc32)cc2c1[15NH]C(=O)C2. The number of anilines is 1. The summed E-state index contributed by atoms with van der Waals surface area (Å²) in [7, 11) is 0. The number of aryl methyl sites for hydroxylation is 1. The van der Waals surface area contributed by atoms with Crippen LogP contribution in [-0.4, -0.2) is 15.5 Å². The van der Waals surface area contributed by atoms with Crippen molar-refractivity contribution in [1.82, 2.24) is 9.55 Å². The van der Waals surface area contributed by atoms with Gasteiger partial charge in [-0.25, -0.2) is 4.98 Å². The van der Waals surface area contributed by atoms with E-state index in [1.807, 2.05) is 13.0 Å². The Balaban J connectivity index is 1.97. The summed E-state index contributed by atoms with van der Waals surface area (Å²) >= 11 is 6.03. The van der Waals surface area contributed by atoms with Crippen LogP contribution in [0.15, 0.2) is 30.3 Å². The molecule has 1 aliphatic heterocycles. The van der Waals surface area contributed by atoms with Gasteiger partial charge >= 0.3 is 6.18 Å². The van der Waals surface area contributed by atoms with E-state index in [1.165, 1.54) is 6.07 Å². The number of alkyl halides is 4. The third-order valence-electron chi connectivity index (χ3n) is 4.43. The lowest BCUT2D eigenvalue weighted by atomic mass is 10.1. The van der Waals surface area contributed by atoms with Gasteiger partial charge in [0.2, 0.25) is 5.91 Å². The molecule has 1 N–H and O–H groups in total. The molecule has 0 fully saturated rings. The zero-order valence-corrected chi connectivity index (χ0v) is 14.4. The highest BCUT2D eigenvalue weighted by Gasteiger charge is 2.33. The van der Waals surface area contributed by atoms with E-state index in [1.54, 1.807) is 16.7 Å². The maximum Gasteiger partial charge on any atom is 0.433 e. The number of halogens is 4. The highest BCUT2D eigenvalue weighted by atomic mass is 35.5. The van der Waals surface area contributed by atoms with Gasteiger partial charge < -0.3 is 5.32 Å². The van der Waals surface area contributed by atoms with Crippen molar-refractivity contribution < 1.29 is 18.0 Å². The van der Waals surface area contributed by atoms with Gasteiger partial charge in [0.25, 0.3) is 0 Å². The lowest BCUT2D eigenvalue weighted by Gasteiger charge is -2.13. The molecule has 0 unspecified atom stereocenters. The predicted molar refractivity (Wildman–Crippen MR) is 92.7 cm³/mol. The Bertz CT molecular complexity index is 1060. The van der Waals surface area contributed by atoms with E-state index in [-0.39, 0.29) is 23.9 Å². The van der Waals surface area contributed by atoms with Crippen molar-refractivity contribution in [3.8, 4) is 5.69 Å². The lowest BCUT2D eigenvalue weighted by molar-refractivity contribution is -0.141. The van der Waals surface area contributed by atoms with E-state index in [4.69, 9.17) is 11.6 Å². The molecule has 3 heterocycles. The lowest BCUT2D eigenvalue weighted by Crippen LogP contribution is -2.09. The van der Waals surface area contributed by atoms with E-state index < -0.39 is 11.9 Å². The zero-order chi connectivity index (χ0) is 18.6. The second-order valence-corrected chi connectivity index (χ2v) is 6.50. The quantitative estimate of drug-likeness (QED) is 0.522. The molecule has 26 heavy (non-hydrogen) atoms. The van der Waals surface area contributed by atoms with Gasteiger partial charge in [-0.3, -0.25) is 9.36 Å². The second kappa shape index (κ2) is 5.74. The van der Waals surface area contributed by atoms with Crippen LogP contribution in [0, 0.1) is 6.92 Å². The van der Waals surface area contributed by atoms with Crippen molar-refractivity contribution in [2.24, 2.45) is 0 Å². The maximum absolute atomic E-state index is 13.1. The summed E-state index contributed by atoms with van der Waals surface area (Å²) in [5, 5.41) is 3.36. The Morgan fingerprint density at radius 1 is 1.27 bits per heavy atom. The number of rotatable bonds is 2. The van der Waals surface area contributed by atoms with Crippen molar-refractivity contribution in [2.75, 3.05) is 5.32 Å². The van der Waals surface area contributed by atoms with E-state index in [2.05, 4.69) is 10.3 Å². The molecule has 4 nitrogen and oxygen atoms in total. The largest absolute Gasteiger partial charge is 0.433 e. The minimum absolute atomic E-state index is 0.104. The number of pyridine rings is 1. The monoisotopic (exact) mass is 380 g/mol. The minimum Gasteiger partial charge on any atom is -0.325 e. The number of carbonyl (C=O) groups excluding carboxylic acids is 1. The topological polar surface area (TPSA) is 46.9 Å². The Morgan fingerprint density at radius 2 is 2.04 bits per heavy atom. The van der Waals surface area contributed by atoms with Crippen LogP contribution in [0.1, 0.15) is 22.5 Å². The van der Waals surface area contributed by atoms with Crippen molar-refractivity contribution in [3.63, 3.8) is 0 Å². The summed E-state index contributed by atoms with van der Waals surface area (Å²) in [5.74, 6) is 0.0121. The van der Waals surface area contributed by atoms with Crippen molar-refractivity contribution in [1.29, 1.82) is 0 Å². The molecule has 0 saturated carbocycles. The zero-order valence-electron chi connectivity index (χ0n) is 13.6. The summed E-state index contributed by atoms with van der Waals surface area (Å²) < 4.78 is 40.9. The average molecular weight is 381 g/mol. The summed E-state index contributed by atoms with van der Waals surface area (Å²) in [5.41, 5.74) is 2.89. The number of hydrogen-bond acceptors (Lipinski definition) is 2.